The molecule has 2 aliphatic rings. The van der Waals surface area contributed by atoms with Gasteiger partial charge in [-0.15, -0.1) is 0 Å². The van der Waals surface area contributed by atoms with E-state index in [1.165, 1.54) is 12.8 Å². The van der Waals surface area contributed by atoms with Gasteiger partial charge in [0.05, 0.1) is 20.2 Å². The van der Waals surface area contributed by atoms with E-state index in [2.05, 4.69) is 15.5 Å². The topological polar surface area (TPSA) is 94.2 Å². The van der Waals surface area contributed by atoms with Crippen molar-refractivity contribution in [3.8, 4) is 5.75 Å². The Kier molecular flexibility index (Phi) is 8.66. The summed E-state index contributed by atoms with van der Waals surface area (Å²) in [6, 6.07) is 6.31. The summed E-state index contributed by atoms with van der Waals surface area (Å²) in [6.07, 6.45) is 4.62. The highest BCUT2D eigenvalue weighted by molar-refractivity contribution is 6.01. The lowest BCUT2D eigenvalue weighted by Gasteiger charge is -2.34. The molecule has 2 heterocycles. The summed E-state index contributed by atoms with van der Waals surface area (Å²) >= 11 is 0. The predicted octanol–water partition coefficient (Wildman–Crippen LogP) is 1.36. The molecule has 3 rings (SSSR count). The molecule has 1 aromatic rings. The molecule has 0 aromatic heterocycles. The van der Waals surface area contributed by atoms with Crippen molar-refractivity contribution < 1.29 is 19.1 Å². The molecule has 31 heavy (non-hydrogen) atoms. The number of benzene rings is 1. The van der Waals surface area contributed by atoms with Gasteiger partial charge in [-0.3, -0.25) is 24.7 Å². The van der Waals surface area contributed by atoms with Crippen molar-refractivity contribution >= 4 is 23.5 Å². The number of hydrogen-bond donors (Lipinski definition) is 2. The fraction of sp³-hybridized carbons (Fsp3) is 0.591. The highest BCUT2D eigenvalue weighted by atomic mass is 16.5. The third-order valence-electron chi connectivity index (χ3n) is 5.75. The largest absolute Gasteiger partial charge is 0.497 e. The number of amides is 4. The first kappa shape index (κ1) is 23.0. The van der Waals surface area contributed by atoms with Crippen LogP contribution >= 0.6 is 0 Å². The van der Waals surface area contributed by atoms with Crippen molar-refractivity contribution in [2.45, 2.75) is 25.7 Å². The highest BCUT2D eigenvalue weighted by Gasteiger charge is 2.23. The lowest BCUT2D eigenvalue weighted by atomic mass is 10.2. The number of urea groups is 1. The normalized spacial score (nSPS) is 18.2. The van der Waals surface area contributed by atoms with Crippen LogP contribution in [0.1, 0.15) is 25.7 Å². The molecule has 2 N–H and O–H groups in total. The third-order valence-corrected chi connectivity index (χ3v) is 5.75. The van der Waals surface area contributed by atoms with Crippen molar-refractivity contribution in [2.75, 3.05) is 64.8 Å². The molecule has 0 saturated carbocycles. The number of piperazine rings is 1. The van der Waals surface area contributed by atoms with Crippen LogP contribution in [0, 0.1) is 0 Å². The fourth-order valence-corrected chi connectivity index (χ4v) is 3.92. The van der Waals surface area contributed by atoms with E-state index in [1.807, 2.05) is 9.80 Å². The predicted molar refractivity (Wildman–Crippen MR) is 118 cm³/mol. The van der Waals surface area contributed by atoms with Gasteiger partial charge in [0.25, 0.3) is 0 Å². The summed E-state index contributed by atoms with van der Waals surface area (Å²) in [6.45, 7) is 5.22. The molecular formula is C22H33N5O4. The standard InChI is InChI=1S/C22H33N5O4/c1-31-19-8-6-18(7-9-19)23-22(30)24-20(28)16-25-12-14-26(15-13-25)17-21(29)27-10-4-2-3-5-11-27/h6-9H,2-5,10-17H2,1H3,(H2,23,24,28,30). The zero-order valence-electron chi connectivity index (χ0n) is 18.3. The molecule has 2 aliphatic heterocycles. The molecule has 9 heteroatoms. The number of carbonyl (C=O) groups excluding carboxylic acids is 3. The van der Waals surface area contributed by atoms with Crippen molar-refractivity contribution in [3.05, 3.63) is 24.3 Å². The number of methoxy groups -OCH3 is 1. The van der Waals surface area contributed by atoms with Gasteiger partial charge in [-0.2, -0.15) is 0 Å². The van der Waals surface area contributed by atoms with Crippen molar-refractivity contribution in [2.24, 2.45) is 0 Å². The van der Waals surface area contributed by atoms with Crippen LogP contribution in [-0.4, -0.2) is 92.0 Å². The number of nitrogens with one attached hydrogen (secondary N) is 2. The van der Waals surface area contributed by atoms with Crippen LogP contribution in [0.4, 0.5) is 10.5 Å². The van der Waals surface area contributed by atoms with Gasteiger partial charge in [0.2, 0.25) is 11.8 Å². The van der Waals surface area contributed by atoms with Crippen LogP contribution in [0.2, 0.25) is 0 Å². The molecule has 4 amide bonds. The Morgan fingerprint density at radius 2 is 1.42 bits per heavy atom. The summed E-state index contributed by atoms with van der Waals surface area (Å²) in [5.74, 6) is 0.553. The fourth-order valence-electron chi connectivity index (χ4n) is 3.92. The lowest BCUT2D eigenvalue weighted by Crippen LogP contribution is -2.52. The molecule has 1 aromatic carbocycles. The van der Waals surface area contributed by atoms with Gasteiger partial charge in [0, 0.05) is 45.0 Å². The molecule has 170 valence electrons. The van der Waals surface area contributed by atoms with Crippen LogP contribution in [0.3, 0.4) is 0 Å². The molecule has 0 spiro atoms. The first-order valence-corrected chi connectivity index (χ1v) is 11.0. The van der Waals surface area contributed by atoms with E-state index in [1.54, 1.807) is 31.4 Å². The summed E-state index contributed by atoms with van der Waals surface area (Å²) < 4.78 is 5.08. The maximum Gasteiger partial charge on any atom is 0.325 e. The zero-order valence-corrected chi connectivity index (χ0v) is 18.3. The molecule has 2 saturated heterocycles. The number of likely N-dealkylation sites (tertiary alicyclic amines) is 1. The first-order chi connectivity index (χ1) is 15.0. The van der Waals surface area contributed by atoms with E-state index < -0.39 is 6.03 Å². The minimum absolute atomic E-state index is 0.157. The Labute approximate surface area is 183 Å². The average molecular weight is 432 g/mol. The van der Waals surface area contributed by atoms with Gasteiger partial charge in [-0.05, 0) is 37.1 Å². The molecule has 0 radical (unpaired) electrons. The minimum atomic E-state index is -0.558. The Hall–Kier alpha value is -2.65. The lowest BCUT2D eigenvalue weighted by molar-refractivity contribution is -0.133. The molecular weight excluding hydrogens is 398 g/mol. The minimum Gasteiger partial charge on any atom is -0.497 e. The first-order valence-electron chi connectivity index (χ1n) is 11.0. The number of imide groups is 1. The Bertz CT molecular complexity index is 739. The van der Waals surface area contributed by atoms with E-state index >= 15 is 0 Å². The second-order valence-electron chi connectivity index (χ2n) is 8.08. The molecule has 2 fully saturated rings. The molecule has 9 nitrogen and oxygen atoms in total. The number of hydrogen-bond acceptors (Lipinski definition) is 6. The average Bonchev–Trinajstić information content (AvgIpc) is 3.05. The molecule has 0 bridgehead atoms. The van der Waals surface area contributed by atoms with Gasteiger partial charge >= 0.3 is 6.03 Å². The Balaban J connectivity index is 1.34. The van der Waals surface area contributed by atoms with E-state index in [-0.39, 0.29) is 18.4 Å². The summed E-state index contributed by atoms with van der Waals surface area (Å²) in [4.78, 5) is 42.9. The van der Waals surface area contributed by atoms with E-state index in [0.717, 1.165) is 39.0 Å². The maximum absolute atomic E-state index is 12.5. The smallest absolute Gasteiger partial charge is 0.325 e. The molecule has 0 atom stereocenters. The zero-order chi connectivity index (χ0) is 22.1. The van der Waals surface area contributed by atoms with Gasteiger partial charge in [0.1, 0.15) is 5.75 Å². The Morgan fingerprint density at radius 1 is 0.839 bits per heavy atom. The van der Waals surface area contributed by atoms with Crippen LogP contribution in [0.15, 0.2) is 24.3 Å². The summed E-state index contributed by atoms with van der Waals surface area (Å²) in [5.41, 5.74) is 0.578. The highest BCUT2D eigenvalue weighted by Crippen LogP contribution is 2.15. The molecule has 0 unspecified atom stereocenters. The number of ether oxygens (including phenoxy) is 1. The monoisotopic (exact) mass is 431 g/mol. The SMILES string of the molecule is COc1ccc(NC(=O)NC(=O)CN2CCN(CC(=O)N3CCCCCC3)CC2)cc1. The number of nitrogens with zero attached hydrogens (tertiary/aromatic N) is 3. The van der Waals surface area contributed by atoms with Crippen LogP contribution in [0.25, 0.3) is 0 Å². The second kappa shape index (κ2) is 11.7. The van der Waals surface area contributed by atoms with Crippen molar-refractivity contribution in [1.82, 2.24) is 20.0 Å². The third kappa shape index (κ3) is 7.52. The Morgan fingerprint density at radius 3 is 2.00 bits per heavy atom. The van der Waals surface area contributed by atoms with Gasteiger partial charge in [-0.1, -0.05) is 12.8 Å². The van der Waals surface area contributed by atoms with Crippen molar-refractivity contribution in [1.29, 1.82) is 0 Å². The van der Waals surface area contributed by atoms with Crippen molar-refractivity contribution in [3.63, 3.8) is 0 Å². The van der Waals surface area contributed by atoms with Crippen LogP contribution in [-0.2, 0) is 9.59 Å². The maximum atomic E-state index is 12.5. The number of anilines is 1. The van der Waals surface area contributed by atoms with Gasteiger partial charge < -0.3 is 15.0 Å². The van der Waals surface area contributed by atoms with E-state index in [4.69, 9.17) is 4.74 Å². The summed E-state index contributed by atoms with van der Waals surface area (Å²) in [7, 11) is 1.57. The van der Waals surface area contributed by atoms with Gasteiger partial charge in [-0.25, -0.2) is 4.79 Å². The summed E-state index contributed by atoms with van der Waals surface area (Å²) in [5, 5.41) is 4.99. The quantitative estimate of drug-likeness (QED) is 0.707. The van der Waals surface area contributed by atoms with Gasteiger partial charge in [0.15, 0.2) is 0 Å². The van der Waals surface area contributed by atoms with Crippen LogP contribution in [0.5, 0.6) is 5.75 Å². The van der Waals surface area contributed by atoms with Crippen LogP contribution < -0.4 is 15.4 Å². The van der Waals surface area contributed by atoms with E-state index in [0.29, 0.717) is 31.1 Å². The second-order valence-corrected chi connectivity index (χ2v) is 8.08. The molecule has 0 aliphatic carbocycles. The van der Waals surface area contributed by atoms with E-state index in [9.17, 15) is 14.4 Å². The number of carbonyl (C=O) groups is 3. The number of rotatable bonds is 6.